The number of Topliss-reactive ketones (excluding diaryl/α,β-unsaturated/α-hetero) is 3. The second kappa shape index (κ2) is 6.30. The number of aliphatic hydroxyl groups is 2. The van der Waals surface area contributed by atoms with Crippen LogP contribution in [0.15, 0.2) is 34.9 Å². The van der Waals surface area contributed by atoms with Crippen molar-refractivity contribution in [2.45, 2.75) is 38.7 Å². The predicted octanol–water partition coefficient (Wildman–Crippen LogP) is 1.68. The van der Waals surface area contributed by atoms with Gasteiger partial charge in [0.25, 0.3) is 0 Å². The minimum atomic E-state index is -2.05. The quantitative estimate of drug-likeness (QED) is 0.706. The Labute approximate surface area is 173 Å². The molecule has 0 unspecified atom stereocenters. The molecule has 0 aliphatic heterocycles. The number of fused-ring (bicyclic) bond motifs is 5. The summed E-state index contributed by atoms with van der Waals surface area (Å²) in [4.78, 5) is 50.8. The molecule has 29 heavy (non-hydrogen) atoms. The highest BCUT2D eigenvalue weighted by atomic mass is 35.5. The third kappa shape index (κ3) is 2.36. The molecule has 0 aromatic carbocycles. The molecule has 4 rings (SSSR count). The van der Waals surface area contributed by atoms with Gasteiger partial charge in [-0.15, -0.1) is 0 Å². The molecule has 4 aliphatic rings. The molecule has 2 N–H and O–H groups in total. The molecule has 6 nitrogen and oxygen atoms in total. The average Bonchev–Trinajstić information content (AvgIpc) is 2.90. The monoisotopic (exact) mass is 418 g/mol. The van der Waals surface area contributed by atoms with Gasteiger partial charge in [0, 0.05) is 40.7 Å². The summed E-state index contributed by atoms with van der Waals surface area (Å²) in [7, 11) is 0. The third-order valence-electron chi connectivity index (χ3n) is 7.89. The average molecular weight is 419 g/mol. The van der Waals surface area contributed by atoms with Crippen LogP contribution in [0.1, 0.15) is 33.1 Å². The molecule has 4 aliphatic carbocycles. The van der Waals surface area contributed by atoms with Crippen LogP contribution < -0.4 is 0 Å². The molecule has 0 radical (unpaired) electrons. The van der Waals surface area contributed by atoms with E-state index in [9.17, 15) is 29.4 Å². The van der Waals surface area contributed by atoms with E-state index >= 15 is 0 Å². The van der Waals surface area contributed by atoms with Gasteiger partial charge in [0.1, 0.15) is 12.4 Å². The highest BCUT2D eigenvalue weighted by Gasteiger charge is 2.70. The number of hydrogen-bond acceptors (Lipinski definition) is 6. The van der Waals surface area contributed by atoms with Gasteiger partial charge in [0.2, 0.25) is 0 Å². The summed E-state index contributed by atoms with van der Waals surface area (Å²) in [6.45, 7) is 2.60. The summed E-state index contributed by atoms with van der Waals surface area (Å²) in [5.74, 6) is -2.69. The van der Waals surface area contributed by atoms with E-state index in [0.717, 1.165) is 5.54 Å². The maximum absolute atomic E-state index is 13.4. The van der Waals surface area contributed by atoms with E-state index < -0.39 is 40.7 Å². The van der Waals surface area contributed by atoms with Crippen molar-refractivity contribution >= 4 is 34.7 Å². The van der Waals surface area contributed by atoms with Crippen LogP contribution in [-0.4, -0.2) is 45.6 Å². The van der Waals surface area contributed by atoms with E-state index in [1.54, 1.807) is 19.9 Å². The summed E-state index contributed by atoms with van der Waals surface area (Å²) in [5, 5.41) is 20.9. The van der Waals surface area contributed by atoms with Gasteiger partial charge in [-0.25, -0.2) is 0 Å². The highest BCUT2D eigenvalue weighted by Crippen LogP contribution is 2.66. The second-order valence-corrected chi connectivity index (χ2v) is 9.36. The smallest absolute Gasteiger partial charge is 0.194 e. The van der Waals surface area contributed by atoms with E-state index in [0.29, 0.717) is 5.57 Å². The van der Waals surface area contributed by atoms with Gasteiger partial charge in [0.15, 0.2) is 23.0 Å². The molecule has 0 heterocycles. The van der Waals surface area contributed by atoms with Crippen LogP contribution >= 0.6 is 11.6 Å². The number of aliphatic hydroxyl groups excluding tert-OH is 1. The first kappa shape index (κ1) is 20.4. The lowest BCUT2D eigenvalue weighted by Gasteiger charge is -2.55. The SMILES string of the molecule is C[C@]12C=CC(=O)C=C1C(=O)C[C@@H]1[C@@H]2C(=O)C[C@@]2(C)[C@H]1CC(=CCl)[C@]2(O)C(=O)CO. The molecule has 6 atom stereocenters. The molecule has 154 valence electrons. The van der Waals surface area contributed by atoms with Crippen molar-refractivity contribution in [2.24, 2.45) is 28.6 Å². The van der Waals surface area contributed by atoms with Crippen molar-refractivity contribution in [1.29, 1.82) is 0 Å². The highest BCUT2D eigenvalue weighted by molar-refractivity contribution is 6.26. The number of carbonyl (C=O) groups is 4. The van der Waals surface area contributed by atoms with Crippen LogP contribution in [-0.2, 0) is 19.2 Å². The third-order valence-corrected chi connectivity index (χ3v) is 8.15. The lowest BCUT2D eigenvalue weighted by molar-refractivity contribution is -0.165. The van der Waals surface area contributed by atoms with Crippen molar-refractivity contribution in [3.8, 4) is 0 Å². The summed E-state index contributed by atoms with van der Waals surface area (Å²) in [5.41, 5.74) is -2.32. The molecule has 3 saturated carbocycles. The van der Waals surface area contributed by atoms with Crippen LogP contribution in [0.2, 0.25) is 0 Å². The fraction of sp³-hybridized carbons (Fsp3) is 0.545. The van der Waals surface area contributed by atoms with Crippen LogP contribution in [0.4, 0.5) is 0 Å². The first-order valence-electron chi connectivity index (χ1n) is 9.72. The molecule has 3 fully saturated rings. The van der Waals surface area contributed by atoms with Gasteiger partial charge in [-0.2, -0.15) is 0 Å². The van der Waals surface area contributed by atoms with Crippen molar-refractivity contribution < 1.29 is 29.4 Å². The fourth-order valence-corrected chi connectivity index (χ4v) is 6.76. The maximum atomic E-state index is 13.4. The number of halogens is 1. The summed E-state index contributed by atoms with van der Waals surface area (Å²) < 4.78 is 0. The molecule has 0 aromatic rings. The first-order valence-corrected chi connectivity index (χ1v) is 10.2. The largest absolute Gasteiger partial charge is 0.388 e. The van der Waals surface area contributed by atoms with Crippen LogP contribution in [0, 0.1) is 28.6 Å². The Kier molecular flexibility index (Phi) is 4.43. The Hall–Kier alpha value is -1.89. The topological polar surface area (TPSA) is 109 Å². The number of rotatable bonds is 2. The molecular weight excluding hydrogens is 396 g/mol. The molecule has 0 saturated heterocycles. The summed E-state index contributed by atoms with van der Waals surface area (Å²) in [6.07, 6.45) is 4.63. The number of ketones is 4. The Balaban J connectivity index is 1.86. The molecular formula is C22H23ClO6. The maximum Gasteiger partial charge on any atom is 0.194 e. The molecule has 0 bridgehead atoms. The minimum absolute atomic E-state index is 0.0676. The molecule has 0 amide bonds. The van der Waals surface area contributed by atoms with Gasteiger partial charge >= 0.3 is 0 Å². The van der Waals surface area contributed by atoms with Gasteiger partial charge in [-0.05, 0) is 36.0 Å². The minimum Gasteiger partial charge on any atom is -0.388 e. The van der Waals surface area contributed by atoms with Gasteiger partial charge in [-0.1, -0.05) is 31.5 Å². The van der Waals surface area contributed by atoms with Crippen LogP contribution in [0.5, 0.6) is 0 Å². The van der Waals surface area contributed by atoms with Crippen LogP contribution in [0.3, 0.4) is 0 Å². The number of carbonyl (C=O) groups excluding carboxylic acids is 4. The zero-order valence-electron chi connectivity index (χ0n) is 16.3. The van der Waals surface area contributed by atoms with E-state index in [2.05, 4.69) is 0 Å². The lowest BCUT2D eigenvalue weighted by atomic mass is 9.46. The normalized spacial score (nSPS) is 45.0. The Morgan fingerprint density at radius 1 is 1.28 bits per heavy atom. The van der Waals surface area contributed by atoms with Crippen molar-refractivity contribution in [3.63, 3.8) is 0 Å². The second-order valence-electron chi connectivity index (χ2n) is 9.14. The standard InChI is InChI=1S/C22H23ClO6/c1-20-4-3-12(25)6-15(20)16(26)7-13-14-5-11(9-23)22(29,18(28)10-24)21(14,2)8-17(27)19(13)20/h3-4,6,9,13-14,19,24,29H,5,7-8,10H2,1-2H3/t13-,14-,19+,20-,21-,22-/m0/s1. The predicted molar refractivity (Wildman–Crippen MR) is 104 cm³/mol. The Bertz CT molecular complexity index is 945. The van der Waals surface area contributed by atoms with E-state index in [-0.39, 0.29) is 48.1 Å². The number of allylic oxidation sites excluding steroid dienone is 4. The fourth-order valence-electron chi connectivity index (χ4n) is 6.51. The number of hydrogen-bond donors (Lipinski definition) is 2. The van der Waals surface area contributed by atoms with E-state index in [1.165, 1.54) is 12.2 Å². The molecule has 0 aromatic heterocycles. The van der Waals surface area contributed by atoms with Crippen molar-refractivity contribution in [1.82, 2.24) is 0 Å². The van der Waals surface area contributed by atoms with Crippen LogP contribution in [0.25, 0.3) is 0 Å². The zero-order chi connectivity index (χ0) is 21.4. The van der Waals surface area contributed by atoms with Crippen molar-refractivity contribution in [3.05, 3.63) is 34.9 Å². The van der Waals surface area contributed by atoms with Gasteiger partial charge in [-0.3, -0.25) is 19.2 Å². The van der Waals surface area contributed by atoms with Crippen molar-refractivity contribution in [2.75, 3.05) is 6.61 Å². The van der Waals surface area contributed by atoms with Gasteiger partial charge in [0.05, 0.1) is 0 Å². The van der Waals surface area contributed by atoms with E-state index in [1.807, 2.05) is 0 Å². The zero-order valence-corrected chi connectivity index (χ0v) is 17.0. The lowest BCUT2D eigenvalue weighted by Crippen LogP contribution is -2.61. The molecule has 7 heteroatoms. The Morgan fingerprint density at radius 2 is 1.97 bits per heavy atom. The Morgan fingerprint density at radius 3 is 2.59 bits per heavy atom. The summed E-state index contributed by atoms with van der Waals surface area (Å²) >= 11 is 5.95. The van der Waals surface area contributed by atoms with E-state index in [4.69, 9.17) is 11.6 Å². The first-order chi connectivity index (χ1) is 13.5. The van der Waals surface area contributed by atoms with Gasteiger partial charge < -0.3 is 10.2 Å². The molecule has 0 spiro atoms. The summed E-state index contributed by atoms with van der Waals surface area (Å²) in [6, 6.07) is 0.